The topological polar surface area (TPSA) is 36.9 Å². The van der Waals surface area contributed by atoms with Crippen LogP contribution in [0.5, 0.6) is 5.75 Å². The average molecular weight is 813 g/mol. The van der Waals surface area contributed by atoms with E-state index in [9.17, 15) is 0 Å². The van der Waals surface area contributed by atoms with Gasteiger partial charge in [0.05, 0.1) is 38.1 Å². The van der Waals surface area contributed by atoms with Crippen LogP contribution >= 0.6 is 23.5 Å². The Bertz CT molecular complexity index is 1450. The first kappa shape index (κ1) is 44.7. The summed E-state index contributed by atoms with van der Waals surface area (Å²) in [6, 6.07) is 23.2. The molecule has 0 aromatic heterocycles. The van der Waals surface area contributed by atoms with Gasteiger partial charge in [0, 0.05) is 6.61 Å². The monoisotopic (exact) mass is 812 g/mol. The number of hydrogen-bond donors (Lipinski definition) is 0. The molecule has 4 nitrogen and oxygen atoms in total. The first-order chi connectivity index (χ1) is 25.0. The molecule has 4 rings (SSSR count). The molecule has 0 N–H and O–H groups in total. The molecule has 2 aliphatic heterocycles. The van der Waals surface area contributed by atoms with Gasteiger partial charge in [-0.05, 0) is 103 Å². The molecule has 2 aromatic rings. The third-order valence-corrected chi connectivity index (χ3v) is 29.6. The van der Waals surface area contributed by atoms with E-state index in [0.29, 0.717) is 18.1 Å². The molecule has 296 valence electrons. The van der Waals surface area contributed by atoms with Crippen molar-refractivity contribution in [3.8, 4) is 17.2 Å². The summed E-state index contributed by atoms with van der Waals surface area (Å²) in [7, 11) is -4.14. The number of methoxy groups -OCH3 is 1. The second-order valence-electron chi connectivity index (χ2n) is 17.9. The first-order valence-electron chi connectivity index (χ1n) is 20.4. The van der Waals surface area contributed by atoms with Gasteiger partial charge in [0.2, 0.25) is 0 Å². The molecule has 2 heterocycles. The highest BCUT2D eigenvalue weighted by atomic mass is 32.2. The molecule has 0 amide bonds. The average Bonchev–Trinajstić information content (AvgIpc) is 3.56. The highest BCUT2D eigenvalue weighted by Gasteiger charge is 2.53. The lowest BCUT2D eigenvalue weighted by Crippen LogP contribution is -2.53. The summed E-state index contributed by atoms with van der Waals surface area (Å²) in [5, 5.41) is 1.60. The van der Waals surface area contributed by atoms with Crippen LogP contribution in [0.3, 0.4) is 0 Å². The molecule has 0 spiro atoms. The molecule has 0 bridgehead atoms. The van der Waals surface area contributed by atoms with Crippen LogP contribution in [-0.2, 0) is 20.5 Å². The third kappa shape index (κ3) is 11.8. The smallest absolute Gasteiger partial charge is 0.193 e. The summed E-state index contributed by atoms with van der Waals surface area (Å²) in [4.78, 5) is 0. The molecule has 0 saturated carbocycles. The van der Waals surface area contributed by atoms with Crippen molar-refractivity contribution in [3.05, 3.63) is 60.2 Å². The maximum absolute atomic E-state index is 7.51. The summed E-state index contributed by atoms with van der Waals surface area (Å²) in [5.41, 5.74) is 5.61. The van der Waals surface area contributed by atoms with Crippen molar-refractivity contribution >= 4 is 53.2 Å². The van der Waals surface area contributed by atoms with Crippen molar-refractivity contribution in [1.29, 1.82) is 0 Å². The minimum Gasteiger partial charge on any atom is -0.497 e. The Hall–Kier alpha value is -0.969. The van der Waals surface area contributed by atoms with Gasteiger partial charge in [-0.2, -0.15) is 0 Å². The summed E-state index contributed by atoms with van der Waals surface area (Å²) < 4.78 is 26.7. The second-order valence-corrected chi connectivity index (χ2v) is 35.6. The van der Waals surface area contributed by atoms with Gasteiger partial charge in [-0.1, -0.05) is 115 Å². The van der Waals surface area contributed by atoms with Gasteiger partial charge in [0.25, 0.3) is 0 Å². The summed E-state index contributed by atoms with van der Waals surface area (Å²) in [6.45, 7) is 27.9. The Balaban J connectivity index is 1.64. The zero-order chi connectivity index (χ0) is 38.9. The van der Waals surface area contributed by atoms with E-state index in [1.165, 1.54) is 46.8 Å². The number of hydrogen-bond acceptors (Lipinski definition) is 6. The van der Waals surface area contributed by atoms with Gasteiger partial charge < -0.3 is 18.6 Å². The lowest BCUT2D eigenvalue weighted by molar-refractivity contribution is -0.0125. The zero-order valence-corrected chi connectivity index (χ0v) is 39.9. The number of ether oxygens (including phenoxy) is 3. The first-order valence-corrected chi connectivity index (χ1v) is 31.0. The maximum atomic E-state index is 7.51. The molecule has 2 aromatic carbocycles. The zero-order valence-electron chi connectivity index (χ0n) is 35.3. The van der Waals surface area contributed by atoms with Crippen LogP contribution in [0.1, 0.15) is 79.7 Å². The summed E-state index contributed by atoms with van der Waals surface area (Å²) >= 11 is 4.38. The van der Waals surface area contributed by atoms with E-state index >= 15 is 0 Å². The molecule has 0 aliphatic carbocycles. The molecule has 2 saturated heterocycles. The quantitative estimate of drug-likeness (QED) is 0.117. The second kappa shape index (κ2) is 19.5. The van der Waals surface area contributed by atoms with Gasteiger partial charge in [0.15, 0.2) is 8.32 Å². The van der Waals surface area contributed by atoms with E-state index in [2.05, 4.69) is 152 Å². The minimum absolute atomic E-state index is 0.0262. The molecular weight excluding hydrogens is 741 g/mol. The predicted molar refractivity (Wildman–Crippen MR) is 241 cm³/mol. The predicted octanol–water partition coefficient (Wildman–Crippen LogP) is 11.8. The van der Waals surface area contributed by atoms with Crippen molar-refractivity contribution in [1.82, 2.24) is 0 Å². The molecule has 53 heavy (non-hydrogen) atoms. The Morgan fingerprint density at radius 3 is 2.11 bits per heavy atom. The highest BCUT2D eigenvalue weighted by Crippen LogP contribution is 2.53. The minimum atomic E-state index is -2.15. The Morgan fingerprint density at radius 1 is 0.925 bits per heavy atom. The van der Waals surface area contributed by atoms with E-state index in [1.54, 1.807) is 7.11 Å². The van der Waals surface area contributed by atoms with Gasteiger partial charge in [-0.25, -0.2) is 0 Å². The van der Waals surface area contributed by atoms with E-state index in [1.807, 2.05) is 12.1 Å². The number of rotatable bonds is 17. The molecular formula is C44H72O4S2Si3. The van der Waals surface area contributed by atoms with Crippen molar-refractivity contribution in [2.24, 2.45) is 5.92 Å². The van der Waals surface area contributed by atoms with Gasteiger partial charge in [-0.3, -0.25) is 0 Å². The van der Waals surface area contributed by atoms with Crippen LogP contribution in [0.2, 0.25) is 54.9 Å². The van der Waals surface area contributed by atoms with E-state index in [4.69, 9.17) is 18.6 Å². The van der Waals surface area contributed by atoms with Crippen LogP contribution < -0.4 is 9.92 Å². The van der Waals surface area contributed by atoms with Gasteiger partial charge in [-0.15, -0.1) is 29.1 Å². The molecule has 0 unspecified atom stereocenters. The molecule has 9 heteroatoms. The SMILES string of the molecule is CC[Si](C#C[C@@H](O[Si](C)(C)C(C)(C)C)[C@@H]1O[C@@H](CC2(C[C@H](C)COCc3ccc(OC)cc3)SCCCS2)C[C@H]1[Si](C)(C)c1ccccc1)(CC)CC. The number of thioether (sulfide) groups is 2. The lowest BCUT2D eigenvalue weighted by atomic mass is 10.00. The number of benzene rings is 2. The van der Waals surface area contributed by atoms with Crippen LogP contribution in [0, 0.1) is 17.4 Å². The Morgan fingerprint density at radius 2 is 1.55 bits per heavy atom. The van der Waals surface area contributed by atoms with E-state index in [0.717, 1.165) is 31.6 Å². The van der Waals surface area contributed by atoms with Gasteiger partial charge >= 0.3 is 0 Å². The third-order valence-electron chi connectivity index (χ3n) is 12.8. The molecule has 2 fully saturated rings. The fraction of sp³-hybridized carbons (Fsp3) is 0.682. The van der Waals surface area contributed by atoms with Crippen LogP contribution in [0.4, 0.5) is 0 Å². The normalized spacial score (nSPS) is 22.2. The Kier molecular flexibility index (Phi) is 16.4. The van der Waals surface area contributed by atoms with Crippen molar-refractivity contribution in [2.75, 3.05) is 25.2 Å². The summed E-state index contributed by atoms with van der Waals surface area (Å²) in [5.74, 6) is 7.70. The van der Waals surface area contributed by atoms with Crippen LogP contribution in [-0.4, -0.2) is 72.1 Å². The standard InChI is InChI=1S/C44H72O4S2Si3/c1-13-53(14-2,15-3)29-26-40(48-52(11,12)43(5,6)7)42-41(51(9,10)39-20-17-16-18-21-39)30-38(47-42)32-44(49-27-19-28-50-44)31-35(4)33-46-34-36-22-24-37(45-8)25-23-36/h16-18,20-25,35,38,40-42H,13-15,19,27-28,30-34H2,1-12H3/t35-,38+,40+,41+,42-/m0/s1. The molecule has 2 aliphatic rings. The van der Waals surface area contributed by atoms with Crippen LogP contribution in [0.15, 0.2) is 54.6 Å². The fourth-order valence-electron chi connectivity index (χ4n) is 7.88. The lowest BCUT2D eigenvalue weighted by Gasteiger charge is -2.42. The largest absolute Gasteiger partial charge is 0.497 e. The summed E-state index contributed by atoms with van der Waals surface area (Å²) in [6.07, 6.45) is 4.51. The van der Waals surface area contributed by atoms with Crippen molar-refractivity contribution in [3.63, 3.8) is 0 Å². The van der Waals surface area contributed by atoms with E-state index in [-0.39, 0.29) is 27.4 Å². The van der Waals surface area contributed by atoms with Gasteiger partial charge in [0.1, 0.15) is 19.9 Å². The maximum Gasteiger partial charge on any atom is 0.193 e. The fourth-order valence-corrected chi connectivity index (χ4v) is 18.7. The van der Waals surface area contributed by atoms with E-state index < -0.39 is 24.5 Å². The van der Waals surface area contributed by atoms with Crippen molar-refractivity contribution < 1.29 is 18.6 Å². The van der Waals surface area contributed by atoms with Crippen LogP contribution in [0.25, 0.3) is 0 Å². The molecule has 5 atom stereocenters. The molecule has 0 radical (unpaired) electrons. The Labute approximate surface area is 336 Å². The van der Waals surface area contributed by atoms with Crippen molar-refractivity contribution in [2.45, 2.75) is 158 Å². The highest BCUT2D eigenvalue weighted by molar-refractivity contribution is 8.18.